The molecular weight excluding hydrogens is 681 g/mol. The minimum absolute atomic E-state index is 0.0905. The molecule has 2 saturated heterocycles. The topological polar surface area (TPSA) is 145 Å². The number of aromatic amines is 1. The van der Waals surface area contributed by atoms with Crippen LogP contribution in [0, 0.1) is 6.92 Å². The van der Waals surface area contributed by atoms with E-state index in [-0.39, 0.29) is 41.8 Å². The average Bonchev–Trinajstić information content (AvgIpc) is 3.60. The van der Waals surface area contributed by atoms with Crippen LogP contribution in [0.3, 0.4) is 0 Å². The minimum atomic E-state index is -0.270. The quantitative estimate of drug-likeness (QED) is 0.153. The summed E-state index contributed by atoms with van der Waals surface area (Å²) < 4.78 is 1.92. The number of piperidine rings is 1. The Morgan fingerprint density at radius 2 is 1.74 bits per heavy atom. The van der Waals surface area contributed by atoms with Gasteiger partial charge in [0, 0.05) is 80.1 Å². The number of benzene rings is 2. The fourth-order valence-electron chi connectivity index (χ4n) is 7.65. The number of anilines is 1. The number of imide groups is 1. The second-order valence-electron chi connectivity index (χ2n) is 14.8. The number of amides is 3. The lowest BCUT2D eigenvalue weighted by molar-refractivity contribution is -0.134. The van der Waals surface area contributed by atoms with Gasteiger partial charge in [-0.15, -0.1) is 0 Å². The van der Waals surface area contributed by atoms with Crippen molar-refractivity contribution < 1.29 is 14.4 Å². The van der Waals surface area contributed by atoms with E-state index >= 15 is 0 Å². The molecule has 5 heterocycles. The van der Waals surface area contributed by atoms with Gasteiger partial charge in [-0.05, 0) is 86.2 Å². The monoisotopic (exact) mass is 728 g/mol. The van der Waals surface area contributed by atoms with Gasteiger partial charge in [0.25, 0.3) is 11.5 Å². The second-order valence-corrected chi connectivity index (χ2v) is 14.8. The normalized spacial score (nSPS) is 16.6. The third-order valence-corrected chi connectivity index (χ3v) is 10.6. The van der Waals surface area contributed by atoms with Crippen LogP contribution in [-0.2, 0) is 29.1 Å². The molecule has 2 aliphatic rings. The van der Waals surface area contributed by atoms with Crippen molar-refractivity contribution in [1.29, 1.82) is 0 Å². The summed E-state index contributed by atoms with van der Waals surface area (Å²) in [5, 5.41) is 10.8. The summed E-state index contributed by atoms with van der Waals surface area (Å²) in [4.78, 5) is 63.0. The van der Waals surface area contributed by atoms with Crippen LogP contribution >= 0.6 is 0 Å². The van der Waals surface area contributed by atoms with Crippen molar-refractivity contribution in [2.75, 3.05) is 31.1 Å². The molecule has 3 N–H and O–H groups in total. The summed E-state index contributed by atoms with van der Waals surface area (Å²) in [6, 6.07) is 18.3. The van der Waals surface area contributed by atoms with Crippen LogP contribution in [0.4, 0.5) is 5.82 Å². The second kappa shape index (κ2) is 15.8. The third-order valence-electron chi connectivity index (χ3n) is 10.6. The van der Waals surface area contributed by atoms with Gasteiger partial charge < -0.3 is 15.2 Å². The molecule has 0 saturated carbocycles. The van der Waals surface area contributed by atoms with Gasteiger partial charge in [-0.1, -0.05) is 37.6 Å². The number of hydrogen-bond donors (Lipinski definition) is 3. The van der Waals surface area contributed by atoms with E-state index in [1.54, 1.807) is 6.20 Å². The van der Waals surface area contributed by atoms with Crippen molar-refractivity contribution >= 4 is 34.4 Å². The van der Waals surface area contributed by atoms with E-state index in [0.29, 0.717) is 24.0 Å². The van der Waals surface area contributed by atoms with Gasteiger partial charge in [0.15, 0.2) is 0 Å². The standard InChI is InChI=1S/C42H48N8O4/c1-5-6-30-19-27(4)46-42(54)35(30)23-44-40(52)34-20-32(21-37-36(34)24-45-50(37)26(2)3)31-11-13-38(43-22-31)49-17-15-48(16-18-49)25-28-7-9-29(10-8-28)33-12-14-39(51)47-41(33)53/h7-11,13,19-22,24,26,33H,5-6,12,14-18,23,25H2,1-4H3,(H,44,52)(H,46,54)(H,47,51,53). The highest BCUT2D eigenvalue weighted by Gasteiger charge is 2.28. The van der Waals surface area contributed by atoms with Crippen molar-refractivity contribution in [3.8, 4) is 11.1 Å². The lowest BCUT2D eigenvalue weighted by Crippen LogP contribution is -2.46. The first-order valence-electron chi connectivity index (χ1n) is 18.9. The molecule has 0 aliphatic carbocycles. The highest BCUT2D eigenvalue weighted by molar-refractivity contribution is 6.08. The van der Waals surface area contributed by atoms with Gasteiger partial charge in [0.1, 0.15) is 5.82 Å². The maximum atomic E-state index is 13.8. The van der Waals surface area contributed by atoms with Gasteiger partial charge >= 0.3 is 0 Å². The van der Waals surface area contributed by atoms with Crippen LogP contribution in [-0.4, -0.2) is 68.5 Å². The molecule has 12 nitrogen and oxygen atoms in total. The van der Waals surface area contributed by atoms with Crippen LogP contribution in [0.25, 0.3) is 22.0 Å². The molecule has 0 radical (unpaired) electrons. The Hall–Kier alpha value is -5.62. The zero-order valence-corrected chi connectivity index (χ0v) is 31.4. The average molecular weight is 729 g/mol. The number of H-pyrrole nitrogens is 1. The van der Waals surface area contributed by atoms with Crippen LogP contribution in [0.2, 0.25) is 0 Å². The summed E-state index contributed by atoms with van der Waals surface area (Å²) in [6.45, 7) is 12.5. The molecule has 280 valence electrons. The fraction of sp³-hybridized carbons (Fsp3) is 0.381. The van der Waals surface area contributed by atoms with E-state index in [4.69, 9.17) is 4.98 Å². The fourth-order valence-corrected chi connectivity index (χ4v) is 7.65. The van der Waals surface area contributed by atoms with Gasteiger partial charge in [-0.2, -0.15) is 5.10 Å². The molecule has 2 aliphatic heterocycles. The SMILES string of the molecule is CCCc1cc(C)[nH]c(=O)c1CNC(=O)c1cc(-c2ccc(N3CCN(Cc4ccc(C5CCC(=O)NC5=O)cc4)CC3)nc2)cc2c1cnn2C(C)C. The molecule has 7 rings (SSSR count). The lowest BCUT2D eigenvalue weighted by Gasteiger charge is -2.35. The maximum Gasteiger partial charge on any atom is 0.253 e. The number of pyridine rings is 2. The summed E-state index contributed by atoms with van der Waals surface area (Å²) in [7, 11) is 0. The number of hydrogen-bond acceptors (Lipinski definition) is 8. The van der Waals surface area contributed by atoms with Crippen molar-refractivity contribution in [3.05, 3.63) is 111 Å². The Labute approximate surface area is 315 Å². The number of carbonyl (C=O) groups is 3. The van der Waals surface area contributed by atoms with E-state index in [1.807, 2.05) is 48.1 Å². The Balaban J connectivity index is 1.03. The Bertz CT molecular complexity index is 2230. The Kier molecular flexibility index (Phi) is 10.7. The molecule has 1 atom stereocenters. The third kappa shape index (κ3) is 7.84. The van der Waals surface area contributed by atoms with E-state index in [2.05, 4.69) is 75.6 Å². The van der Waals surface area contributed by atoms with Gasteiger partial charge in [0.2, 0.25) is 11.8 Å². The van der Waals surface area contributed by atoms with Crippen LogP contribution in [0.1, 0.15) is 90.3 Å². The van der Waals surface area contributed by atoms with Gasteiger partial charge in [-0.3, -0.25) is 34.1 Å². The van der Waals surface area contributed by atoms with Gasteiger partial charge in [0.05, 0.1) is 23.2 Å². The summed E-state index contributed by atoms with van der Waals surface area (Å²) in [6.07, 6.45) is 6.20. The molecule has 0 spiro atoms. The van der Waals surface area contributed by atoms with Crippen molar-refractivity contribution in [2.24, 2.45) is 0 Å². The minimum Gasteiger partial charge on any atom is -0.354 e. The largest absolute Gasteiger partial charge is 0.354 e. The number of piperazine rings is 1. The van der Waals surface area contributed by atoms with E-state index in [0.717, 1.165) is 90.2 Å². The molecule has 54 heavy (non-hydrogen) atoms. The zero-order valence-electron chi connectivity index (χ0n) is 31.4. The van der Waals surface area contributed by atoms with Crippen LogP contribution < -0.4 is 21.1 Å². The molecule has 3 amide bonds. The van der Waals surface area contributed by atoms with E-state index in [1.165, 1.54) is 5.56 Å². The number of aromatic nitrogens is 4. The summed E-state index contributed by atoms with van der Waals surface area (Å²) in [5.41, 5.74) is 7.44. The highest BCUT2D eigenvalue weighted by atomic mass is 16.2. The lowest BCUT2D eigenvalue weighted by atomic mass is 9.90. The number of rotatable bonds is 11. The van der Waals surface area contributed by atoms with Crippen molar-refractivity contribution in [2.45, 2.75) is 78.4 Å². The number of aryl methyl sites for hydroxylation is 2. The molecule has 1 unspecified atom stereocenters. The number of fused-ring (bicyclic) bond motifs is 1. The first-order valence-corrected chi connectivity index (χ1v) is 18.9. The first kappa shape index (κ1) is 36.7. The van der Waals surface area contributed by atoms with Gasteiger partial charge in [-0.25, -0.2) is 4.98 Å². The molecule has 0 bridgehead atoms. The zero-order chi connectivity index (χ0) is 37.9. The maximum absolute atomic E-state index is 13.8. The van der Waals surface area contributed by atoms with E-state index in [9.17, 15) is 19.2 Å². The summed E-state index contributed by atoms with van der Waals surface area (Å²) >= 11 is 0. The Morgan fingerprint density at radius 1 is 0.963 bits per heavy atom. The van der Waals surface area contributed by atoms with Crippen LogP contribution in [0.5, 0.6) is 0 Å². The van der Waals surface area contributed by atoms with E-state index < -0.39 is 0 Å². The molecule has 12 heteroatoms. The summed E-state index contributed by atoms with van der Waals surface area (Å²) in [5.74, 6) is -0.0327. The molecule has 5 aromatic rings. The molecule has 2 fully saturated rings. The highest BCUT2D eigenvalue weighted by Crippen LogP contribution is 2.31. The number of nitrogens with zero attached hydrogens (tertiary/aromatic N) is 5. The Morgan fingerprint density at radius 3 is 2.43 bits per heavy atom. The number of carbonyl (C=O) groups excluding carboxylic acids is 3. The number of nitrogens with one attached hydrogen (secondary N) is 3. The molecular formula is C42H48N8O4. The van der Waals surface area contributed by atoms with Crippen molar-refractivity contribution in [3.63, 3.8) is 0 Å². The molecule has 3 aromatic heterocycles. The van der Waals surface area contributed by atoms with Crippen LogP contribution in [0.15, 0.2) is 71.8 Å². The predicted molar refractivity (Wildman–Crippen MR) is 209 cm³/mol. The first-order chi connectivity index (χ1) is 26.1. The molecule has 2 aromatic carbocycles. The predicted octanol–water partition coefficient (Wildman–Crippen LogP) is 5.40. The van der Waals surface area contributed by atoms with Crippen molar-refractivity contribution in [1.82, 2.24) is 35.3 Å². The smallest absolute Gasteiger partial charge is 0.253 e.